The molecule has 6 heterocycles. The van der Waals surface area contributed by atoms with E-state index in [0.717, 1.165) is 72.5 Å². The van der Waals surface area contributed by atoms with Crippen LogP contribution >= 0.6 is 11.3 Å². The van der Waals surface area contributed by atoms with Crippen molar-refractivity contribution >= 4 is 53.4 Å². The number of hydrogen-bond donors (Lipinski definition) is 0. The van der Waals surface area contributed by atoms with Gasteiger partial charge in [0.1, 0.15) is 0 Å². The first kappa shape index (κ1) is 28.5. The number of hydrogen-bond acceptors (Lipinski definition) is 5. The van der Waals surface area contributed by atoms with Crippen LogP contribution in [-0.4, -0.2) is 24.5 Å². The zero-order chi connectivity index (χ0) is 33.0. The van der Waals surface area contributed by atoms with E-state index in [1.165, 1.54) is 20.2 Å². The van der Waals surface area contributed by atoms with Gasteiger partial charge in [-0.05, 0) is 90.0 Å². The van der Waals surface area contributed by atoms with Crippen LogP contribution in [0.15, 0.2) is 164 Å². The minimum Gasteiger partial charge on any atom is -0.308 e. The summed E-state index contributed by atoms with van der Waals surface area (Å²) in [7, 11) is 0. The number of thiophene rings is 1. The average molecular weight is 658 g/mol. The van der Waals surface area contributed by atoms with E-state index in [1.807, 2.05) is 54.1 Å². The Hall–Kier alpha value is -6.50. The first-order valence-corrected chi connectivity index (χ1v) is 17.3. The molecular formula is C44H27N5S. The largest absolute Gasteiger partial charge is 0.308 e. The van der Waals surface area contributed by atoms with Gasteiger partial charge in [0.15, 0.2) is 0 Å². The van der Waals surface area contributed by atoms with Gasteiger partial charge in [0.2, 0.25) is 0 Å². The fourth-order valence-electron chi connectivity index (χ4n) is 6.97. The summed E-state index contributed by atoms with van der Waals surface area (Å²) in [6.07, 6.45) is 7.28. The third-order valence-electron chi connectivity index (χ3n) is 9.37. The molecule has 0 aliphatic rings. The Balaban J connectivity index is 1.15. The Morgan fingerprint density at radius 3 is 1.84 bits per heavy atom. The molecule has 5 nitrogen and oxygen atoms in total. The molecule has 10 rings (SSSR count). The maximum atomic E-state index is 5.30. The lowest BCUT2D eigenvalue weighted by Crippen LogP contribution is -1.95. The molecule has 0 fully saturated rings. The standard InChI is InChI=1S/C44H27N5S/c1-2-8-29(9-3-1)37-18-19-40-44(48-37)36-24-35-34-12-4-5-13-42(34)50-43(35)25-41(36)49(40)33-16-14-28(15-17-33)32-22-38(30-10-6-20-45-26-30)47-39(23-32)31-11-7-21-46-27-31/h1-27H. The van der Waals surface area contributed by atoms with Crippen molar-refractivity contribution in [3.8, 4) is 50.6 Å². The monoisotopic (exact) mass is 657 g/mol. The highest BCUT2D eigenvalue weighted by atomic mass is 32.1. The molecule has 4 aromatic carbocycles. The Morgan fingerprint density at radius 2 is 1.12 bits per heavy atom. The quantitative estimate of drug-likeness (QED) is 0.185. The van der Waals surface area contributed by atoms with Gasteiger partial charge >= 0.3 is 0 Å². The molecule has 6 aromatic heterocycles. The highest BCUT2D eigenvalue weighted by Gasteiger charge is 2.18. The molecule has 0 unspecified atom stereocenters. The molecule has 0 radical (unpaired) electrons. The lowest BCUT2D eigenvalue weighted by atomic mass is 10.0. The zero-order valence-corrected chi connectivity index (χ0v) is 27.5. The molecule has 10 aromatic rings. The maximum Gasteiger partial charge on any atom is 0.0971 e. The smallest absolute Gasteiger partial charge is 0.0971 e. The zero-order valence-electron chi connectivity index (χ0n) is 26.7. The summed E-state index contributed by atoms with van der Waals surface area (Å²) in [6, 6.07) is 49.2. The van der Waals surface area contributed by atoms with Crippen molar-refractivity contribution in [3.63, 3.8) is 0 Å². The van der Waals surface area contributed by atoms with Gasteiger partial charge < -0.3 is 4.57 Å². The summed E-state index contributed by atoms with van der Waals surface area (Å²) in [5.74, 6) is 0. The minimum absolute atomic E-state index is 0.869. The highest BCUT2D eigenvalue weighted by molar-refractivity contribution is 7.25. The van der Waals surface area contributed by atoms with Gasteiger partial charge in [-0.15, -0.1) is 11.3 Å². The van der Waals surface area contributed by atoms with Crippen molar-refractivity contribution in [1.29, 1.82) is 0 Å². The number of aromatic nitrogens is 5. The Bertz CT molecular complexity index is 2780. The number of benzene rings is 4. The molecule has 0 amide bonds. The minimum atomic E-state index is 0.869. The molecule has 0 bridgehead atoms. The first-order valence-electron chi connectivity index (χ1n) is 16.5. The molecule has 0 atom stereocenters. The fraction of sp³-hybridized carbons (Fsp3) is 0. The Kier molecular flexibility index (Phi) is 6.60. The van der Waals surface area contributed by atoms with Gasteiger partial charge in [0.25, 0.3) is 0 Å². The SMILES string of the molecule is c1ccc(-c2ccc3c(n2)c2cc4c(cc2n3-c2ccc(-c3cc(-c5cccnc5)nc(-c5cccnc5)c3)cc2)sc2ccccc24)cc1. The molecule has 6 heteroatoms. The van der Waals surface area contributed by atoms with Crippen LogP contribution < -0.4 is 0 Å². The van der Waals surface area contributed by atoms with Gasteiger partial charge in [-0.3, -0.25) is 9.97 Å². The number of rotatable bonds is 5. The van der Waals surface area contributed by atoms with Crippen molar-refractivity contribution in [2.45, 2.75) is 0 Å². The van der Waals surface area contributed by atoms with Gasteiger partial charge in [0, 0.05) is 72.7 Å². The van der Waals surface area contributed by atoms with E-state index < -0.39 is 0 Å². The number of nitrogens with zero attached hydrogens (tertiary/aromatic N) is 5. The van der Waals surface area contributed by atoms with Crippen LogP contribution in [0.3, 0.4) is 0 Å². The number of pyridine rings is 4. The van der Waals surface area contributed by atoms with Crippen molar-refractivity contribution in [1.82, 2.24) is 24.5 Å². The topological polar surface area (TPSA) is 56.5 Å². The first-order chi connectivity index (χ1) is 24.8. The molecule has 0 spiro atoms. The molecule has 0 aliphatic heterocycles. The fourth-order valence-corrected chi connectivity index (χ4v) is 8.09. The molecule has 0 saturated heterocycles. The second-order valence-electron chi connectivity index (χ2n) is 12.4. The van der Waals surface area contributed by atoms with Gasteiger partial charge in [-0.1, -0.05) is 60.7 Å². The number of fused-ring (bicyclic) bond motifs is 6. The summed E-state index contributed by atoms with van der Waals surface area (Å²) >= 11 is 1.84. The van der Waals surface area contributed by atoms with Crippen LogP contribution in [0.4, 0.5) is 0 Å². The molecule has 234 valence electrons. The van der Waals surface area contributed by atoms with Crippen LogP contribution in [-0.2, 0) is 0 Å². The van der Waals surface area contributed by atoms with Crippen molar-refractivity contribution in [3.05, 3.63) is 164 Å². The van der Waals surface area contributed by atoms with Crippen LogP contribution in [0.25, 0.3) is 92.7 Å². The normalized spacial score (nSPS) is 11.6. The highest BCUT2D eigenvalue weighted by Crippen LogP contribution is 2.41. The Labute approximate surface area is 291 Å². The summed E-state index contributed by atoms with van der Waals surface area (Å²) in [5.41, 5.74) is 12.2. The maximum absolute atomic E-state index is 5.30. The summed E-state index contributed by atoms with van der Waals surface area (Å²) in [5, 5.41) is 3.70. The predicted molar refractivity (Wildman–Crippen MR) is 207 cm³/mol. The van der Waals surface area contributed by atoms with E-state index in [2.05, 4.69) is 124 Å². The van der Waals surface area contributed by atoms with Crippen LogP contribution in [0.1, 0.15) is 0 Å². The third-order valence-corrected chi connectivity index (χ3v) is 10.5. The summed E-state index contributed by atoms with van der Waals surface area (Å²) < 4.78 is 4.92. The van der Waals surface area contributed by atoms with Crippen molar-refractivity contribution < 1.29 is 0 Å². The predicted octanol–water partition coefficient (Wildman–Crippen LogP) is 11.4. The van der Waals surface area contributed by atoms with E-state index in [0.29, 0.717) is 0 Å². The van der Waals surface area contributed by atoms with Crippen LogP contribution in [0.5, 0.6) is 0 Å². The van der Waals surface area contributed by atoms with E-state index >= 15 is 0 Å². The van der Waals surface area contributed by atoms with Crippen molar-refractivity contribution in [2.24, 2.45) is 0 Å². The third kappa shape index (κ3) is 4.77. The van der Waals surface area contributed by atoms with E-state index in [4.69, 9.17) is 9.97 Å². The van der Waals surface area contributed by atoms with E-state index in [-0.39, 0.29) is 0 Å². The van der Waals surface area contributed by atoms with Crippen molar-refractivity contribution in [2.75, 3.05) is 0 Å². The van der Waals surface area contributed by atoms with Crippen LogP contribution in [0, 0.1) is 0 Å². The lowest BCUT2D eigenvalue weighted by Gasteiger charge is -2.12. The van der Waals surface area contributed by atoms with E-state index in [9.17, 15) is 0 Å². The van der Waals surface area contributed by atoms with Gasteiger partial charge in [0.05, 0.1) is 33.6 Å². The summed E-state index contributed by atoms with van der Waals surface area (Å²) in [6.45, 7) is 0. The molecule has 0 N–H and O–H groups in total. The van der Waals surface area contributed by atoms with Gasteiger partial charge in [-0.25, -0.2) is 9.97 Å². The molecule has 0 saturated carbocycles. The molecular weight excluding hydrogens is 631 g/mol. The second kappa shape index (κ2) is 11.6. The lowest BCUT2D eigenvalue weighted by molar-refractivity contribution is 1.18. The molecule has 50 heavy (non-hydrogen) atoms. The second-order valence-corrected chi connectivity index (χ2v) is 13.5. The molecule has 0 aliphatic carbocycles. The van der Waals surface area contributed by atoms with Gasteiger partial charge in [-0.2, -0.15) is 0 Å². The van der Waals surface area contributed by atoms with Crippen LogP contribution in [0.2, 0.25) is 0 Å². The Morgan fingerprint density at radius 1 is 0.420 bits per heavy atom. The van der Waals surface area contributed by atoms with E-state index in [1.54, 1.807) is 12.4 Å². The summed E-state index contributed by atoms with van der Waals surface area (Å²) in [4.78, 5) is 19.0. The average Bonchev–Trinajstić information content (AvgIpc) is 3.72.